The molecule has 0 fully saturated rings. The molecule has 0 aromatic heterocycles. The number of benzene rings is 7. The van der Waals surface area contributed by atoms with Gasteiger partial charge in [0.2, 0.25) is 0 Å². The fraction of sp³-hybridized carbons (Fsp3) is 0. The average Bonchev–Trinajstić information content (AvgIpc) is 3.54. The summed E-state index contributed by atoms with van der Waals surface area (Å²) in [6.45, 7) is 0. The van der Waals surface area contributed by atoms with E-state index in [-0.39, 0.29) is 0 Å². The van der Waals surface area contributed by atoms with Gasteiger partial charge in [-0.25, -0.2) is 0 Å². The zero-order chi connectivity index (χ0) is 31.8. The number of anilines is 3. The van der Waals surface area contributed by atoms with Crippen molar-refractivity contribution in [2.75, 3.05) is 4.90 Å². The number of hydrogen-bond acceptors (Lipinski definition) is 2. The summed E-state index contributed by atoms with van der Waals surface area (Å²) < 4.78 is 0. The third kappa shape index (κ3) is 3.61. The van der Waals surface area contributed by atoms with Crippen LogP contribution in [-0.2, 0) is 0 Å². The van der Waals surface area contributed by atoms with E-state index in [9.17, 15) is 5.26 Å². The maximum Gasteiger partial charge on any atom is 0.182 e. The van der Waals surface area contributed by atoms with Crippen LogP contribution >= 0.6 is 0 Å². The summed E-state index contributed by atoms with van der Waals surface area (Å²) in [6, 6.07) is 60.0. The van der Waals surface area contributed by atoms with Crippen molar-refractivity contribution < 1.29 is 0 Å². The molecule has 0 aliphatic carbocycles. The summed E-state index contributed by atoms with van der Waals surface area (Å²) in [5.41, 5.74) is 14.1. The van der Waals surface area contributed by atoms with Crippen molar-refractivity contribution in [3.63, 3.8) is 0 Å². The molecule has 0 bridgehead atoms. The summed E-state index contributed by atoms with van der Waals surface area (Å²) in [4.78, 5) is 2.37. The van der Waals surface area contributed by atoms with Crippen molar-refractivity contribution in [1.29, 1.82) is 5.26 Å². The predicted molar refractivity (Wildman–Crippen MR) is 202 cm³/mol. The highest BCUT2D eigenvalue weighted by Crippen LogP contribution is 2.43. The Morgan fingerprint density at radius 3 is 1.56 bits per heavy atom. The minimum Gasteiger partial charge on any atom is -0.309 e. The second-order valence-electron chi connectivity index (χ2n) is 12.8. The molecule has 3 heteroatoms. The quantitative estimate of drug-likeness (QED) is 0.180. The fourth-order valence-corrected chi connectivity index (χ4v) is 14.0. The summed E-state index contributed by atoms with van der Waals surface area (Å²) >= 11 is 0. The lowest BCUT2D eigenvalue weighted by Crippen LogP contribution is -2.70. The molecule has 7 aromatic rings. The normalized spacial score (nSPS) is 15.9. The van der Waals surface area contributed by atoms with Gasteiger partial charge in [0.25, 0.3) is 0 Å². The smallest absolute Gasteiger partial charge is 0.182 e. The first-order chi connectivity index (χ1) is 23.8. The first-order valence-electron chi connectivity index (χ1n) is 16.4. The predicted octanol–water partition coefficient (Wildman–Crippen LogP) is 8.52. The number of para-hydroxylation sites is 2. The zero-order valence-corrected chi connectivity index (χ0v) is 27.1. The lowest BCUT2D eigenvalue weighted by Gasteiger charge is -2.28. The van der Waals surface area contributed by atoms with Gasteiger partial charge in [-0.3, -0.25) is 0 Å². The summed E-state index contributed by atoms with van der Waals surface area (Å²) in [6.07, 6.45) is 4.43. The third-order valence-corrected chi connectivity index (χ3v) is 15.5. The average molecular weight is 625 g/mol. The van der Waals surface area contributed by atoms with Gasteiger partial charge >= 0.3 is 0 Å². The molecule has 3 heterocycles. The molecular formula is C45H28N2Si. The minimum absolute atomic E-state index is 0.711. The van der Waals surface area contributed by atoms with Gasteiger partial charge in [-0.1, -0.05) is 127 Å². The van der Waals surface area contributed by atoms with Crippen LogP contribution in [0, 0.1) is 11.3 Å². The third-order valence-electron chi connectivity index (χ3n) is 10.5. The van der Waals surface area contributed by atoms with E-state index in [1.807, 2.05) is 6.07 Å². The highest BCUT2D eigenvalue weighted by Gasteiger charge is 2.53. The molecule has 1 unspecified atom stereocenters. The first kappa shape index (κ1) is 27.0. The van der Waals surface area contributed by atoms with Crippen molar-refractivity contribution in [2.45, 2.75) is 0 Å². The first-order valence-corrected chi connectivity index (χ1v) is 18.4. The Hall–Kier alpha value is -6.21. The number of fused-ring (bicyclic) bond motifs is 12. The van der Waals surface area contributed by atoms with Crippen LogP contribution in [0.1, 0.15) is 16.7 Å². The van der Waals surface area contributed by atoms with Gasteiger partial charge in [0, 0.05) is 5.69 Å². The fourth-order valence-electron chi connectivity index (χ4n) is 8.45. The standard InChI is InChI=1S/C45H28N2Si/c46-29-30-17-25-44-38(27-30)36-11-3-7-15-42(36)48(44)43-16-8-4-12-37(43)39-28-34(22-26-45(39)48)31-20-23-35(24-21-31)47-40-13-5-1-9-32(40)18-19-33-10-2-6-14-41(33)47/h1-28H. The number of rotatable bonds is 2. The maximum atomic E-state index is 9.77. The van der Waals surface area contributed by atoms with E-state index in [0.29, 0.717) is 5.56 Å². The Kier molecular flexibility index (Phi) is 5.69. The van der Waals surface area contributed by atoms with Gasteiger partial charge in [0.15, 0.2) is 8.07 Å². The largest absolute Gasteiger partial charge is 0.309 e. The molecule has 0 radical (unpaired) electrons. The minimum atomic E-state index is -2.54. The van der Waals surface area contributed by atoms with Crippen LogP contribution in [0.25, 0.3) is 45.5 Å². The second kappa shape index (κ2) is 10.1. The van der Waals surface area contributed by atoms with Crippen LogP contribution in [0.15, 0.2) is 158 Å². The molecule has 1 atom stereocenters. The molecule has 1 spiro atoms. The maximum absolute atomic E-state index is 9.77. The Labute approximate surface area is 281 Å². The molecular weight excluding hydrogens is 597 g/mol. The highest BCUT2D eigenvalue weighted by atomic mass is 28.3. The highest BCUT2D eigenvalue weighted by molar-refractivity contribution is 7.24. The number of nitriles is 1. The molecule has 0 saturated carbocycles. The van der Waals surface area contributed by atoms with E-state index in [1.54, 1.807) is 0 Å². The van der Waals surface area contributed by atoms with E-state index in [1.165, 1.54) is 76.6 Å². The van der Waals surface area contributed by atoms with Gasteiger partial charge in [0.1, 0.15) is 0 Å². The molecule has 222 valence electrons. The van der Waals surface area contributed by atoms with Crippen molar-refractivity contribution in [3.05, 3.63) is 174 Å². The van der Waals surface area contributed by atoms with Crippen LogP contribution < -0.4 is 25.6 Å². The number of hydrogen-bond donors (Lipinski definition) is 0. The van der Waals surface area contributed by atoms with E-state index in [2.05, 4.69) is 175 Å². The van der Waals surface area contributed by atoms with Gasteiger partial charge in [0.05, 0.1) is 23.0 Å². The van der Waals surface area contributed by atoms with Gasteiger partial charge in [-0.2, -0.15) is 5.26 Å². The Bertz CT molecular complexity index is 2490. The van der Waals surface area contributed by atoms with E-state index in [4.69, 9.17) is 0 Å². The van der Waals surface area contributed by atoms with Crippen LogP contribution in [0.5, 0.6) is 0 Å². The van der Waals surface area contributed by atoms with E-state index < -0.39 is 8.07 Å². The molecule has 48 heavy (non-hydrogen) atoms. The van der Waals surface area contributed by atoms with Crippen molar-refractivity contribution >= 4 is 58.0 Å². The molecule has 0 saturated heterocycles. The molecule has 2 nitrogen and oxygen atoms in total. The second-order valence-corrected chi connectivity index (χ2v) is 16.5. The monoisotopic (exact) mass is 624 g/mol. The Morgan fingerprint density at radius 1 is 0.438 bits per heavy atom. The molecule has 7 aromatic carbocycles. The molecule has 3 aliphatic rings. The molecule has 10 rings (SSSR count). The Morgan fingerprint density at radius 2 is 0.938 bits per heavy atom. The van der Waals surface area contributed by atoms with Gasteiger partial charge < -0.3 is 4.90 Å². The van der Waals surface area contributed by atoms with Crippen molar-refractivity contribution in [1.82, 2.24) is 0 Å². The van der Waals surface area contributed by atoms with Crippen LogP contribution in [-0.4, -0.2) is 8.07 Å². The summed E-state index contributed by atoms with van der Waals surface area (Å²) in [5, 5.41) is 15.5. The molecule has 0 amide bonds. The van der Waals surface area contributed by atoms with Crippen LogP contribution in [0.3, 0.4) is 0 Å². The molecule has 0 N–H and O–H groups in total. The van der Waals surface area contributed by atoms with Crippen molar-refractivity contribution in [3.8, 4) is 39.4 Å². The van der Waals surface area contributed by atoms with E-state index >= 15 is 0 Å². The Balaban J connectivity index is 1.12. The number of nitrogens with zero attached hydrogens (tertiary/aromatic N) is 2. The summed E-state index contributed by atoms with van der Waals surface area (Å²) in [5.74, 6) is 0. The van der Waals surface area contributed by atoms with Crippen LogP contribution in [0.2, 0.25) is 0 Å². The van der Waals surface area contributed by atoms with E-state index in [0.717, 1.165) is 5.69 Å². The SMILES string of the molecule is N#Cc1ccc2c(c1)-c1ccccc1[Si]21c2ccccc2-c2cc(-c3ccc(N4c5ccccc5C=Cc5ccccc54)cc3)ccc21. The molecule has 3 aliphatic heterocycles. The van der Waals surface area contributed by atoms with Crippen molar-refractivity contribution in [2.24, 2.45) is 0 Å². The van der Waals surface area contributed by atoms with Crippen LogP contribution in [0.4, 0.5) is 17.1 Å². The van der Waals surface area contributed by atoms with Gasteiger partial charge in [-0.05, 0) is 108 Å². The lowest BCUT2D eigenvalue weighted by atomic mass is 9.99. The summed E-state index contributed by atoms with van der Waals surface area (Å²) in [7, 11) is -2.54. The zero-order valence-electron chi connectivity index (χ0n) is 26.1. The topological polar surface area (TPSA) is 27.0 Å². The lowest BCUT2D eigenvalue weighted by molar-refractivity contribution is 1.28. The van der Waals surface area contributed by atoms with Gasteiger partial charge in [-0.15, -0.1) is 0 Å².